The second-order valence-corrected chi connectivity index (χ2v) is 5.98. The van der Waals surface area contributed by atoms with Crippen molar-refractivity contribution in [1.82, 2.24) is 10.2 Å². The van der Waals surface area contributed by atoms with E-state index in [2.05, 4.69) is 22.1 Å². The van der Waals surface area contributed by atoms with Crippen LogP contribution in [0, 0.1) is 0 Å². The summed E-state index contributed by atoms with van der Waals surface area (Å²) in [5.74, 6) is 0.661. The Morgan fingerprint density at radius 2 is 1.89 bits per heavy atom. The van der Waals surface area contributed by atoms with Crippen LogP contribution in [0.15, 0.2) is 4.99 Å². The molecule has 19 heavy (non-hydrogen) atoms. The van der Waals surface area contributed by atoms with Gasteiger partial charge < -0.3 is 11.1 Å². The summed E-state index contributed by atoms with van der Waals surface area (Å²) in [6, 6.07) is 1.16. The van der Waals surface area contributed by atoms with Crippen LogP contribution >= 0.6 is 0 Å². The fraction of sp³-hybridized carbons (Fsp3) is 0.933. The Hall–Kier alpha value is -0.770. The molecule has 1 saturated carbocycles. The third-order valence-electron chi connectivity index (χ3n) is 4.58. The Morgan fingerprint density at radius 3 is 2.63 bits per heavy atom. The zero-order valence-electron chi connectivity index (χ0n) is 12.4. The van der Waals surface area contributed by atoms with Crippen LogP contribution < -0.4 is 11.1 Å². The molecule has 0 spiro atoms. The van der Waals surface area contributed by atoms with Crippen LogP contribution in [-0.2, 0) is 0 Å². The Labute approximate surface area is 117 Å². The maximum Gasteiger partial charge on any atom is 0.188 e. The van der Waals surface area contributed by atoms with Gasteiger partial charge in [-0.05, 0) is 38.8 Å². The molecule has 4 heteroatoms. The minimum Gasteiger partial charge on any atom is -0.370 e. The van der Waals surface area contributed by atoms with E-state index in [0.717, 1.165) is 13.1 Å². The Kier molecular flexibility index (Phi) is 5.95. The van der Waals surface area contributed by atoms with E-state index in [0.29, 0.717) is 18.0 Å². The molecule has 2 rings (SSSR count). The lowest BCUT2D eigenvalue weighted by molar-refractivity contribution is 0.161. The van der Waals surface area contributed by atoms with Gasteiger partial charge in [0.2, 0.25) is 0 Å². The summed E-state index contributed by atoms with van der Waals surface area (Å²) in [4.78, 5) is 7.12. The number of nitrogens with two attached hydrogens (primary N) is 1. The molecule has 2 fully saturated rings. The number of likely N-dealkylation sites (tertiary alicyclic amines) is 1. The van der Waals surface area contributed by atoms with Gasteiger partial charge >= 0.3 is 0 Å². The fourth-order valence-electron chi connectivity index (χ4n) is 3.39. The maximum atomic E-state index is 6.03. The second-order valence-electron chi connectivity index (χ2n) is 5.98. The first-order chi connectivity index (χ1) is 9.29. The van der Waals surface area contributed by atoms with E-state index in [1.165, 1.54) is 57.9 Å². The second kappa shape index (κ2) is 7.73. The number of rotatable bonds is 4. The number of piperidine rings is 1. The lowest BCUT2D eigenvalue weighted by Gasteiger charge is -2.34. The van der Waals surface area contributed by atoms with Crippen molar-refractivity contribution in [3.63, 3.8) is 0 Å². The van der Waals surface area contributed by atoms with E-state index in [9.17, 15) is 0 Å². The zero-order valence-corrected chi connectivity index (χ0v) is 12.4. The molecule has 3 N–H and O–H groups in total. The van der Waals surface area contributed by atoms with Gasteiger partial charge in [-0.25, -0.2) is 0 Å². The van der Waals surface area contributed by atoms with E-state index in [1.54, 1.807) is 0 Å². The SMILES string of the molecule is CCN1CCCCC1CN=C(N)NC1CCCCC1. The molecule has 0 radical (unpaired) electrons. The molecule has 1 aliphatic carbocycles. The van der Waals surface area contributed by atoms with Crippen molar-refractivity contribution in [2.75, 3.05) is 19.6 Å². The van der Waals surface area contributed by atoms with Crippen LogP contribution in [0.2, 0.25) is 0 Å². The Bertz CT molecular complexity index is 284. The summed E-state index contributed by atoms with van der Waals surface area (Å²) in [7, 11) is 0. The standard InChI is InChI=1S/C15H30N4/c1-2-19-11-7-6-10-14(19)12-17-15(16)18-13-8-4-3-5-9-13/h13-14H,2-12H2,1H3,(H3,16,17,18). The minimum absolute atomic E-state index is 0.561. The van der Waals surface area contributed by atoms with Gasteiger partial charge in [0.25, 0.3) is 0 Å². The van der Waals surface area contributed by atoms with Crippen molar-refractivity contribution in [1.29, 1.82) is 0 Å². The molecular weight excluding hydrogens is 236 g/mol. The smallest absolute Gasteiger partial charge is 0.188 e. The van der Waals surface area contributed by atoms with Crippen molar-refractivity contribution in [3.8, 4) is 0 Å². The third kappa shape index (κ3) is 4.68. The van der Waals surface area contributed by atoms with Gasteiger partial charge in [-0.2, -0.15) is 0 Å². The number of aliphatic imine (C=N–C) groups is 1. The van der Waals surface area contributed by atoms with Crippen molar-refractivity contribution in [2.45, 2.75) is 70.4 Å². The molecule has 1 atom stereocenters. The van der Waals surface area contributed by atoms with Gasteiger partial charge in [0.05, 0.1) is 6.54 Å². The van der Waals surface area contributed by atoms with E-state index >= 15 is 0 Å². The van der Waals surface area contributed by atoms with E-state index in [-0.39, 0.29) is 0 Å². The number of nitrogens with one attached hydrogen (secondary N) is 1. The molecule has 4 nitrogen and oxygen atoms in total. The van der Waals surface area contributed by atoms with Gasteiger partial charge in [0.1, 0.15) is 0 Å². The molecule has 0 aromatic heterocycles. The highest BCUT2D eigenvalue weighted by Gasteiger charge is 2.20. The molecule has 0 aromatic carbocycles. The monoisotopic (exact) mass is 266 g/mol. The highest BCUT2D eigenvalue weighted by atomic mass is 15.2. The van der Waals surface area contributed by atoms with Crippen molar-refractivity contribution >= 4 is 5.96 Å². The van der Waals surface area contributed by atoms with Crippen LogP contribution in [0.3, 0.4) is 0 Å². The number of nitrogens with zero attached hydrogens (tertiary/aromatic N) is 2. The van der Waals surface area contributed by atoms with Crippen LogP contribution in [0.4, 0.5) is 0 Å². The summed E-state index contributed by atoms with van der Waals surface area (Å²) in [5.41, 5.74) is 6.03. The Balaban J connectivity index is 1.76. The quantitative estimate of drug-likeness (QED) is 0.605. The number of hydrogen-bond donors (Lipinski definition) is 2. The molecule has 0 aromatic rings. The first kappa shape index (κ1) is 14.6. The average molecular weight is 266 g/mol. The normalized spacial score (nSPS) is 27.4. The number of hydrogen-bond acceptors (Lipinski definition) is 2. The first-order valence-electron chi connectivity index (χ1n) is 8.10. The van der Waals surface area contributed by atoms with Crippen LogP contribution in [0.5, 0.6) is 0 Å². The lowest BCUT2D eigenvalue weighted by Crippen LogP contribution is -2.44. The van der Waals surface area contributed by atoms with Gasteiger partial charge in [0.15, 0.2) is 5.96 Å². The predicted octanol–water partition coefficient (Wildman–Crippen LogP) is 2.10. The molecule has 1 heterocycles. The largest absolute Gasteiger partial charge is 0.370 e. The molecule has 0 bridgehead atoms. The van der Waals surface area contributed by atoms with Crippen LogP contribution in [0.25, 0.3) is 0 Å². The predicted molar refractivity (Wildman–Crippen MR) is 81.4 cm³/mol. The van der Waals surface area contributed by atoms with E-state index in [4.69, 9.17) is 5.73 Å². The van der Waals surface area contributed by atoms with Gasteiger partial charge in [-0.15, -0.1) is 0 Å². The Morgan fingerprint density at radius 1 is 1.16 bits per heavy atom. The van der Waals surface area contributed by atoms with E-state index in [1.807, 2.05) is 0 Å². The van der Waals surface area contributed by atoms with Crippen LogP contribution in [-0.4, -0.2) is 42.6 Å². The van der Waals surface area contributed by atoms with Gasteiger partial charge in [-0.3, -0.25) is 9.89 Å². The summed E-state index contributed by atoms with van der Waals surface area (Å²) in [5, 5.41) is 3.40. The first-order valence-corrected chi connectivity index (χ1v) is 8.10. The summed E-state index contributed by atoms with van der Waals surface area (Å²) in [6.07, 6.45) is 10.5. The topological polar surface area (TPSA) is 53.6 Å². The molecular formula is C15H30N4. The van der Waals surface area contributed by atoms with Gasteiger partial charge in [-0.1, -0.05) is 32.6 Å². The summed E-state index contributed by atoms with van der Waals surface area (Å²) < 4.78 is 0. The lowest BCUT2D eigenvalue weighted by atomic mass is 9.96. The summed E-state index contributed by atoms with van der Waals surface area (Å²) in [6.45, 7) is 5.47. The number of guanidine groups is 1. The average Bonchev–Trinajstić information content (AvgIpc) is 2.46. The zero-order chi connectivity index (χ0) is 13.5. The number of likely N-dealkylation sites (N-methyl/N-ethyl adjacent to an activating group) is 1. The summed E-state index contributed by atoms with van der Waals surface area (Å²) >= 11 is 0. The fourth-order valence-corrected chi connectivity index (χ4v) is 3.39. The highest BCUT2D eigenvalue weighted by molar-refractivity contribution is 5.78. The molecule has 1 aliphatic heterocycles. The molecule has 1 unspecified atom stereocenters. The molecule has 1 saturated heterocycles. The highest BCUT2D eigenvalue weighted by Crippen LogP contribution is 2.18. The third-order valence-corrected chi connectivity index (χ3v) is 4.58. The van der Waals surface area contributed by atoms with Crippen LogP contribution in [0.1, 0.15) is 58.3 Å². The van der Waals surface area contributed by atoms with Crippen molar-refractivity contribution in [2.24, 2.45) is 10.7 Å². The van der Waals surface area contributed by atoms with Crippen molar-refractivity contribution in [3.05, 3.63) is 0 Å². The minimum atomic E-state index is 0.561. The molecule has 2 aliphatic rings. The molecule has 0 amide bonds. The maximum absolute atomic E-state index is 6.03. The van der Waals surface area contributed by atoms with Crippen molar-refractivity contribution < 1.29 is 0 Å². The molecule has 110 valence electrons. The van der Waals surface area contributed by atoms with E-state index < -0.39 is 0 Å². The van der Waals surface area contributed by atoms with Gasteiger partial charge in [0, 0.05) is 12.1 Å².